The van der Waals surface area contributed by atoms with Gasteiger partial charge in [-0.15, -0.1) is 0 Å². The Kier molecular flexibility index (Phi) is 7.04. The van der Waals surface area contributed by atoms with Crippen molar-refractivity contribution in [1.82, 2.24) is 14.3 Å². The molecule has 2 aromatic heterocycles. The number of hydrogen-bond acceptors (Lipinski definition) is 7. The van der Waals surface area contributed by atoms with Gasteiger partial charge >= 0.3 is 0 Å². The number of methoxy groups -OCH3 is 1. The van der Waals surface area contributed by atoms with E-state index in [2.05, 4.69) is 24.1 Å². The van der Waals surface area contributed by atoms with Gasteiger partial charge in [-0.25, -0.2) is 4.98 Å². The summed E-state index contributed by atoms with van der Waals surface area (Å²) in [5.74, 6) is 1.33. The largest absolute Gasteiger partial charge is 0.497 e. The number of hydrogen-bond donors (Lipinski definition) is 1. The van der Waals surface area contributed by atoms with E-state index in [1.54, 1.807) is 24.3 Å². The van der Waals surface area contributed by atoms with Gasteiger partial charge in [0.15, 0.2) is 0 Å². The molecular formula is C25H26N4O3S2. The Bertz CT molecular complexity index is 1350. The average Bonchev–Trinajstić information content (AvgIpc) is 3.08. The Morgan fingerprint density at radius 2 is 1.91 bits per heavy atom. The molecule has 0 bridgehead atoms. The molecule has 1 saturated heterocycles. The van der Waals surface area contributed by atoms with Crippen molar-refractivity contribution < 1.29 is 9.53 Å². The van der Waals surface area contributed by atoms with Gasteiger partial charge in [0, 0.05) is 12.7 Å². The quantitative estimate of drug-likeness (QED) is 0.383. The van der Waals surface area contributed by atoms with Gasteiger partial charge in [-0.05, 0) is 48.2 Å². The van der Waals surface area contributed by atoms with Gasteiger partial charge in [-0.1, -0.05) is 56.0 Å². The number of aryl methyl sites for hydroxylation is 1. The van der Waals surface area contributed by atoms with E-state index in [4.69, 9.17) is 17.0 Å². The highest BCUT2D eigenvalue weighted by atomic mass is 32.2. The number of thioether (sulfide) groups is 1. The van der Waals surface area contributed by atoms with Crippen molar-refractivity contribution in [2.75, 3.05) is 19.0 Å². The third-order valence-electron chi connectivity index (χ3n) is 5.33. The highest BCUT2D eigenvalue weighted by Crippen LogP contribution is 2.34. The molecule has 0 unspecified atom stereocenters. The summed E-state index contributed by atoms with van der Waals surface area (Å²) in [7, 11) is 1.61. The van der Waals surface area contributed by atoms with Crippen molar-refractivity contribution in [3.8, 4) is 5.75 Å². The zero-order chi connectivity index (χ0) is 24.4. The lowest BCUT2D eigenvalue weighted by Crippen LogP contribution is -2.27. The third-order valence-corrected chi connectivity index (χ3v) is 6.71. The molecule has 0 radical (unpaired) electrons. The number of rotatable bonds is 7. The lowest BCUT2D eigenvalue weighted by atomic mass is 10.2. The minimum atomic E-state index is -0.236. The number of nitrogens with zero attached hydrogens (tertiary/aromatic N) is 3. The molecule has 4 rings (SSSR count). The van der Waals surface area contributed by atoms with Crippen LogP contribution in [0.4, 0.5) is 5.82 Å². The molecule has 1 amide bonds. The number of anilines is 1. The molecule has 1 aliphatic heterocycles. The highest BCUT2D eigenvalue weighted by molar-refractivity contribution is 8.26. The first-order chi connectivity index (χ1) is 16.3. The van der Waals surface area contributed by atoms with E-state index in [1.807, 2.05) is 43.3 Å². The molecule has 176 valence electrons. The van der Waals surface area contributed by atoms with Crippen LogP contribution >= 0.6 is 24.0 Å². The molecule has 0 atom stereocenters. The molecule has 1 aromatic carbocycles. The van der Waals surface area contributed by atoms with Crippen molar-refractivity contribution in [1.29, 1.82) is 0 Å². The van der Waals surface area contributed by atoms with E-state index in [0.29, 0.717) is 45.3 Å². The first-order valence-corrected chi connectivity index (χ1v) is 12.1. The minimum absolute atomic E-state index is 0.227. The Morgan fingerprint density at radius 1 is 1.18 bits per heavy atom. The molecule has 0 spiro atoms. The maximum atomic E-state index is 13.4. The molecule has 34 heavy (non-hydrogen) atoms. The van der Waals surface area contributed by atoms with Gasteiger partial charge in [0.1, 0.15) is 21.5 Å². The maximum absolute atomic E-state index is 13.4. The van der Waals surface area contributed by atoms with E-state index in [0.717, 1.165) is 16.9 Å². The monoisotopic (exact) mass is 494 g/mol. The fraction of sp³-hybridized carbons (Fsp3) is 0.280. The number of aromatic nitrogens is 2. The summed E-state index contributed by atoms with van der Waals surface area (Å²) in [5.41, 5.74) is 2.52. The fourth-order valence-corrected chi connectivity index (χ4v) is 4.74. The number of carbonyl (C=O) groups excluding carboxylic acids is 1. The van der Waals surface area contributed by atoms with E-state index in [1.165, 1.54) is 16.2 Å². The van der Waals surface area contributed by atoms with Gasteiger partial charge in [-0.3, -0.25) is 18.9 Å². The standard InChI is InChI=1S/C25H26N4O3S2/c1-15(2)12-26-22-19(23(30)28-13-16(3)5-10-21(28)27-22)11-20-24(31)29(25(33)34-20)14-17-6-8-18(32-4)9-7-17/h5-11,13,15,26H,12,14H2,1-4H3. The maximum Gasteiger partial charge on any atom is 0.267 e. The number of amides is 1. The van der Waals surface area contributed by atoms with Gasteiger partial charge in [0.25, 0.3) is 11.5 Å². The summed E-state index contributed by atoms with van der Waals surface area (Å²) in [6.07, 6.45) is 3.36. The number of benzene rings is 1. The van der Waals surface area contributed by atoms with Crippen LogP contribution < -0.4 is 15.6 Å². The second-order valence-corrected chi connectivity index (χ2v) is 10.2. The Balaban J connectivity index is 1.71. The van der Waals surface area contributed by atoms with Crippen molar-refractivity contribution in [3.05, 3.63) is 74.5 Å². The summed E-state index contributed by atoms with van der Waals surface area (Å²) in [4.78, 5) is 33.3. The van der Waals surface area contributed by atoms with Crippen LogP contribution in [0.3, 0.4) is 0 Å². The van der Waals surface area contributed by atoms with E-state index < -0.39 is 0 Å². The lowest BCUT2D eigenvalue weighted by Gasteiger charge is -2.15. The van der Waals surface area contributed by atoms with Crippen molar-refractivity contribution in [2.24, 2.45) is 5.92 Å². The predicted octanol–water partition coefficient (Wildman–Crippen LogP) is 4.48. The number of nitrogens with one attached hydrogen (secondary N) is 1. The first kappa shape index (κ1) is 24.0. The van der Waals surface area contributed by atoms with E-state index in [9.17, 15) is 9.59 Å². The van der Waals surface area contributed by atoms with Gasteiger partial charge < -0.3 is 10.1 Å². The van der Waals surface area contributed by atoms with Gasteiger partial charge in [0.05, 0.1) is 24.1 Å². The molecule has 1 fully saturated rings. The Hall–Kier alpha value is -3.17. The van der Waals surface area contributed by atoms with Crippen LogP contribution in [-0.4, -0.2) is 38.2 Å². The Morgan fingerprint density at radius 3 is 2.59 bits per heavy atom. The van der Waals surface area contributed by atoms with Crippen molar-refractivity contribution in [2.45, 2.75) is 27.3 Å². The number of carbonyl (C=O) groups is 1. The molecule has 7 nitrogen and oxygen atoms in total. The molecule has 9 heteroatoms. The molecule has 0 saturated carbocycles. The summed E-state index contributed by atoms with van der Waals surface area (Å²) in [5, 5.41) is 3.27. The predicted molar refractivity (Wildman–Crippen MR) is 141 cm³/mol. The van der Waals surface area contributed by atoms with Crippen LogP contribution in [-0.2, 0) is 11.3 Å². The summed E-state index contributed by atoms with van der Waals surface area (Å²) >= 11 is 6.69. The lowest BCUT2D eigenvalue weighted by molar-refractivity contribution is -0.122. The topological polar surface area (TPSA) is 75.9 Å². The first-order valence-electron chi connectivity index (χ1n) is 10.9. The van der Waals surface area contributed by atoms with Crippen LogP contribution in [0.2, 0.25) is 0 Å². The van der Waals surface area contributed by atoms with Crippen molar-refractivity contribution in [3.63, 3.8) is 0 Å². The second kappa shape index (κ2) is 9.99. The third kappa shape index (κ3) is 5.00. The SMILES string of the molecule is COc1ccc(CN2C(=O)C(=Cc3c(NCC(C)C)nc4ccc(C)cn4c3=O)SC2=S)cc1. The van der Waals surface area contributed by atoms with Gasteiger partial charge in [0.2, 0.25) is 0 Å². The average molecular weight is 495 g/mol. The van der Waals surface area contributed by atoms with Crippen LogP contribution in [0, 0.1) is 12.8 Å². The van der Waals surface area contributed by atoms with E-state index in [-0.39, 0.29) is 11.5 Å². The molecule has 3 aromatic rings. The summed E-state index contributed by atoms with van der Waals surface area (Å²) in [6, 6.07) is 11.2. The smallest absolute Gasteiger partial charge is 0.267 e. The molecule has 1 aliphatic rings. The molecule has 3 heterocycles. The minimum Gasteiger partial charge on any atom is -0.497 e. The normalized spacial score (nSPS) is 15.1. The zero-order valence-corrected chi connectivity index (χ0v) is 21.1. The Labute approximate surface area is 207 Å². The van der Waals surface area contributed by atoms with Crippen LogP contribution in [0.25, 0.3) is 11.7 Å². The van der Waals surface area contributed by atoms with E-state index >= 15 is 0 Å². The summed E-state index contributed by atoms with van der Waals surface area (Å²) in [6.45, 7) is 7.07. The number of ether oxygens (including phenoxy) is 1. The molecular weight excluding hydrogens is 468 g/mol. The zero-order valence-electron chi connectivity index (χ0n) is 19.5. The van der Waals surface area contributed by atoms with Crippen LogP contribution in [0.15, 0.2) is 52.3 Å². The number of thiocarbonyl (C=S) groups is 1. The fourth-order valence-electron chi connectivity index (χ4n) is 3.51. The summed E-state index contributed by atoms with van der Waals surface area (Å²) < 4.78 is 7.16. The molecule has 0 aliphatic carbocycles. The number of fused-ring (bicyclic) bond motifs is 1. The van der Waals surface area contributed by atoms with Crippen molar-refractivity contribution >= 4 is 51.7 Å². The highest BCUT2D eigenvalue weighted by Gasteiger charge is 2.32. The molecule has 1 N–H and O–H groups in total. The second-order valence-electron chi connectivity index (χ2n) is 8.50. The van der Waals surface area contributed by atoms with Crippen LogP contribution in [0.1, 0.15) is 30.5 Å². The van der Waals surface area contributed by atoms with Gasteiger partial charge in [-0.2, -0.15) is 0 Å². The number of pyridine rings is 1. The van der Waals surface area contributed by atoms with Crippen LogP contribution in [0.5, 0.6) is 5.75 Å².